The number of pyridine rings is 1. The van der Waals surface area contributed by atoms with Crippen LogP contribution in [-0.2, 0) is 28.8 Å². The predicted octanol–water partition coefficient (Wildman–Crippen LogP) is 4.33. The van der Waals surface area contributed by atoms with Gasteiger partial charge >= 0.3 is 5.97 Å². The van der Waals surface area contributed by atoms with Crippen LogP contribution >= 0.6 is 0 Å². The number of aliphatic hydroxyl groups is 1. The molecule has 0 amide bonds. The summed E-state index contributed by atoms with van der Waals surface area (Å²) in [5, 5.41) is 20.3. The van der Waals surface area contributed by atoms with Gasteiger partial charge in [0.1, 0.15) is 17.6 Å². The van der Waals surface area contributed by atoms with Gasteiger partial charge in [0.25, 0.3) is 0 Å². The molecule has 2 N–H and O–H groups in total. The number of carbonyl (C=O) groups is 1. The van der Waals surface area contributed by atoms with Crippen molar-refractivity contribution in [3.05, 3.63) is 88.7 Å². The van der Waals surface area contributed by atoms with E-state index >= 15 is 0 Å². The molecule has 1 aromatic heterocycles. The number of aliphatic carboxylic acids is 1. The van der Waals surface area contributed by atoms with Crippen LogP contribution in [0.4, 0.5) is 0 Å². The number of benzene rings is 2. The van der Waals surface area contributed by atoms with Crippen LogP contribution in [0.1, 0.15) is 40.5 Å². The Morgan fingerprint density at radius 3 is 2.23 bits per heavy atom. The second-order valence-corrected chi connectivity index (χ2v) is 8.41. The average molecular weight is 480 g/mol. The van der Waals surface area contributed by atoms with Gasteiger partial charge in [0.15, 0.2) is 0 Å². The lowest BCUT2D eigenvalue weighted by atomic mass is 9.97. The molecule has 2 atom stereocenters. The molecule has 2 aromatic carbocycles. The van der Waals surface area contributed by atoms with E-state index in [1.165, 1.54) is 0 Å². The highest BCUT2D eigenvalue weighted by molar-refractivity contribution is 5.69. The van der Waals surface area contributed by atoms with E-state index in [0.717, 1.165) is 23.2 Å². The molecule has 7 heteroatoms. The minimum Gasteiger partial charge on any atom is -0.496 e. The van der Waals surface area contributed by atoms with Gasteiger partial charge in [-0.3, -0.25) is 9.78 Å². The summed E-state index contributed by atoms with van der Waals surface area (Å²) in [6.07, 6.45) is 1.96. The summed E-state index contributed by atoms with van der Waals surface area (Å²) >= 11 is 0. The highest BCUT2D eigenvalue weighted by atomic mass is 16.5. The first-order valence-electron chi connectivity index (χ1n) is 11.6. The lowest BCUT2D eigenvalue weighted by Crippen LogP contribution is -2.24. The van der Waals surface area contributed by atoms with Gasteiger partial charge in [-0.25, -0.2) is 0 Å². The molecule has 0 aliphatic heterocycles. The number of rotatable bonds is 13. The molecule has 3 rings (SSSR count). The van der Waals surface area contributed by atoms with E-state index in [-0.39, 0.29) is 6.42 Å². The summed E-state index contributed by atoms with van der Waals surface area (Å²) in [5.41, 5.74) is 4.13. The third-order valence-corrected chi connectivity index (χ3v) is 5.96. The van der Waals surface area contributed by atoms with Crippen LogP contribution in [0.25, 0.3) is 0 Å². The fourth-order valence-corrected chi connectivity index (χ4v) is 3.97. The number of nitrogens with zero attached hydrogens (tertiary/aromatic N) is 1. The Labute approximate surface area is 206 Å². The van der Waals surface area contributed by atoms with Crippen LogP contribution in [0, 0.1) is 6.92 Å². The van der Waals surface area contributed by atoms with E-state index in [4.69, 9.17) is 19.3 Å². The Kier molecular flexibility index (Phi) is 9.64. The highest BCUT2D eigenvalue weighted by Crippen LogP contribution is 2.34. The normalized spacial score (nSPS) is 12.7. The minimum atomic E-state index is -0.902. The van der Waals surface area contributed by atoms with Crippen LogP contribution < -0.4 is 9.47 Å². The van der Waals surface area contributed by atoms with Gasteiger partial charge in [-0.1, -0.05) is 36.4 Å². The fourth-order valence-electron chi connectivity index (χ4n) is 3.97. The zero-order valence-electron chi connectivity index (χ0n) is 20.4. The van der Waals surface area contributed by atoms with Gasteiger partial charge in [-0.15, -0.1) is 0 Å². The lowest BCUT2D eigenvalue weighted by molar-refractivity contribution is -0.136. The second kappa shape index (κ2) is 12.9. The molecule has 35 heavy (non-hydrogen) atoms. The molecule has 1 heterocycles. The van der Waals surface area contributed by atoms with Crippen LogP contribution in [-0.4, -0.2) is 48.1 Å². The molecule has 0 radical (unpaired) electrons. The van der Waals surface area contributed by atoms with Crippen molar-refractivity contribution in [2.75, 3.05) is 20.8 Å². The summed E-state index contributed by atoms with van der Waals surface area (Å²) in [4.78, 5) is 15.3. The molecular formula is C28H33NO6. The van der Waals surface area contributed by atoms with Crippen molar-refractivity contribution in [3.8, 4) is 11.5 Å². The Balaban J connectivity index is 1.75. The smallest absolute Gasteiger partial charge is 0.307 e. The van der Waals surface area contributed by atoms with Crippen molar-refractivity contribution in [3.63, 3.8) is 0 Å². The van der Waals surface area contributed by atoms with Crippen molar-refractivity contribution in [2.45, 2.75) is 44.8 Å². The van der Waals surface area contributed by atoms with E-state index in [1.807, 2.05) is 55.5 Å². The Bertz CT molecular complexity index is 1060. The van der Waals surface area contributed by atoms with Gasteiger partial charge in [-0.05, 0) is 61.1 Å². The maximum absolute atomic E-state index is 11.3. The van der Waals surface area contributed by atoms with Gasteiger partial charge in [0.2, 0.25) is 0 Å². The third-order valence-electron chi connectivity index (χ3n) is 5.96. The van der Waals surface area contributed by atoms with Crippen LogP contribution in [0.3, 0.4) is 0 Å². The van der Waals surface area contributed by atoms with Crippen molar-refractivity contribution in [2.24, 2.45) is 0 Å². The fraction of sp³-hybridized carbons (Fsp3) is 0.357. The average Bonchev–Trinajstić information content (AvgIpc) is 2.87. The quantitative estimate of drug-likeness (QED) is 0.377. The molecule has 0 fully saturated rings. The summed E-state index contributed by atoms with van der Waals surface area (Å²) in [6.45, 7) is 2.36. The van der Waals surface area contributed by atoms with Crippen molar-refractivity contribution >= 4 is 5.97 Å². The molecule has 186 valence electrons. The topological polar surface area (TPSA) is 98.1 Å². The summed E-state index contributed by atoms with van der Waals surface area (Å²) in [5.74, 6) is 0.382. The zero-order valence-corrected chi connectivity index (χ0v) is 20.4. The lowest BCUT2D eigenvalue weighted by Gasteiger charge is -2.25. The number of aliphatic hydroxyl groups excluding tert-OH is 1. The predicted molar refractivity (Wildman–Crippen MR) is 133 cm³/mol. The maximum Gasteiger partial charge on any atom is 0.307 e. The minimum absolute atomic E-state index is 0.0612. The molecular weight excluding hydrogens is 446 g/mol. The molecule has 0 unspecified atom stereocenters. The van der Waals surface area contributed by atoms with Crippen molar-refractivity contribution in [1.82, 2.24) is 4.98 Å². The van der Waals surface area contributed by atoms with E-state index in [0.29, 0.717) is 42.1 Å². The Morgan fingerprint density at radius 2 is 1.66 bits per heavy atom. The van der Waals surface area contributed by atoms with E-state index < -0.39 is 18.2 Å². The van der Waals surface area contributed by atoms with Crippen molar-refractivity contribution in [1.29, 1.82) is 0 Å². The number of hydrogen-bond acceptors (Lipinski definition) is 6. The molecule has 0 saturated heterocycles. The SMILES string of the molecule is COc1cc([C@@H](O)[C@H](CCc2ccc(CC(=O)O)cn2)OCCc2ccccc2)cc(OC)c1C. The first-order valence-corrected chi connectivity index (χ1v) is 11.6. The number of methoxy groups -OCH3 is 2. The van der Waals surface area contributed by atoms with Crippen LogP contribution in [0.2, 0.25) is 0 Å². The number of hydrogen-bond donors (Lipinski definition) is 2. The second-order valence-electron chi connectivity index (χ2n) is 8.41. The van der Waals surface area contributed by atoms with Gasteiger partial charge in [-0.2, -0.15) is 0 Å². The van der Waals surface area contributed by atoms with E-state index in [1.54, 1.807) is 26.5 Å². The van der Waals surface area contributed by atoms with E-state index in [9.17, 15) is 9.90 Å². The van der Waals surface area contributed by atoms with Crippen LogP contribution in [0.15, 0.2) is 60.8 Å². The summed E-state index contributed by atoms with van der Waals surface area (Å²) < 4.78 is 17.2. The first-order chi connectivity index (χ1) is 16.9. The largest absolute Gasteiger partial charge is 0.496 e. The van der Waals surface area contributed by atoms with E-state index in [2.05, 4.69) is 4.98 Å². The van der Waals surface area contributed by atoms with Crippen molar-refractivity contribution < 1.29 is 29.2 Å². The number of ether oxygens (including phenoxy) is 3. The standard InChI is InChI=1S/C28H33NO6/c1-19-25(33-2)16-22(17-26(19)34-3)28(32)24(35-14-13-20-7-5-4-6-8-20)12-11-23-10-9-21(18-29-23)15-27(30)31/h4-10,16-18,24,28,32H,11-15H2,1-3H3,(H,30,31)/t24-,28+/m0/s1. The number of aryl methyl sites for hydroxylation is 1. The van der Waals surface area contributed by atoms with Crippen LogP contribution in [0.5, 0.6) is 11.5 Å². The molecule has 3 aromatic rings. The summed E-state index contributed by atoms with van der Waals surface area (Å²) in [6, 6.07) is 17.3. The van der Waals surface area contributed by atoms with Gasteiger partial charge < -0.3 is 24.4 Å². The molecule has 0 aliphatic rings. The van der Waals surface area contributed by atoms with Gasteiger partial charge in [0.05, 0.1) is 33.4 Å². The number of aromatic nitrogens is 1. The zero-order chi connectivity index (χ0) is 25.2. The van der Waals surface area contributed by atoms with Gasteiger partial charge in [0, 0.05) is 17.5 Å². The highest BCUT2D eigenvalue weighted by Gasteiger charge is 2.24. The first kappa shape index (κ1) is 26.2. The molecule has 0 saturated carbocycles. The molecule has 0 bridgehead atoms. The maximum atomic E-state index is 11.3. The number of carboxylic acid groups (broad SMARTS) is 1. The third kappa shape index (κ3) is 7.53. The number of carboxylic acids is 1. The molecule has 0 aliphatic carbocycles. The monoisotopic (exact) mass is 479 g/mol. The molecule has 7 nitrogen and oxygen atoms in total. The Morgan fingerprint density at radius 1 is 0.971 bits per heavy atom. The molecule has 0 spiro atoms. The summed E-state index contributed by atoms with van der Waals surface area (Å²) in [7, 11) is 3.18. The Hall–Kier alpha value is -3.42.